The van der Waals surface area contributed by atoms with Gasteiger partial charge in [0, 0.05) is 0 Å². The summed E-state index contributed by atoms with van der Waals surface area (Å²) in [5.41, 5.74) is 6.89. The quantitative estimate of drug-likeness (QED) is 0.526. The van der Waals surface area contributed by atoms with Crippen molar-refractivity contribution in [3.05, 3.63) is 11.8 Å². The third kappa shape index (κ3) is 1.47. The smallest absolute Gasteiger partial charge is 0.00677 e. The molecule has 1 saturated carbocycles. The van der Waals surface area contributed by atoms with Crippen LogP contribution < -0.4 is 5.73 Å². The Hall–Kier alpha value is -0.460. The van der Waals surface area contributed by atoms with Crippen LogP contribution in [0.4, 0.5) is 0 Å². The number of hydrogen-bond donors (Lipinski definition) is 1. The van der Waals surface area contributed by atoms with Gasteiger partial charge in [-0.3, -0.25) is 0 Å². The highest BCUT2D eigenvalue weighted by Crippen LogP contribution is 2.27. The second-order valence-corrected chi connectivity index (χ2v) is 2.89. The molecule has 0 bridgehead atoms. The van der Waals surface area contributed by atoms with Crippen LogP contribution in [0.3, 0.4) is 0 Å². The van der Waals surface area contributed by atoms with Gasteiger partial charge in [0.1, 0.15) is 0 Å². The van der Waals surface area contributed by atoms with Crippen LogP contribution in [0.1, 0.15) is 32.6 Å². The van der Waals surface area contributed by atoms with Gasteiger partial charge in [0.2, 0.25) is 0 Å². The summed E-state index contributed by atoms with van der Waals surface area (Å²) < 4.78 is 0. The molecule has 0 aromatic heterocycles. The zero-order chi connectivity index (χ0) is 6.69. The second-order valence-electron chi connectivity index (χ2n) is 2.89. The molecule has 1 rings (SSSR count). The average molecular weight is 125 g/mol. The Bertz CT molecular complexity index is 116. The highest BCUT2D eigenvalue weighted by molar-refractivity contribution is 5.05. The molecule has 0 radical (unpaired) electrons. The van der Waals surface area contributed by atoms with Crippen molar-refractivity contribution in [2.45, 2.75) is 32.6 Å². The summed E-state index contributed by atoms with van der Waals surface area (Å²) in [6, 6.07) is 0. The van der Waals surface area contributed by atoms with E-state index >= 15 is 0 Å². The number of hydrogen-bond acceptors (Lipinski definition) is 1. The summed E-state index contributed by atoms with van der Waals surface area (Å²) in [7, 11) is 0. The molecule has 1 fully saturated rings. The van der Waals surface area contributed by atoms with E-state index in [1.807, 2.05) is 0 Å². The van der Waals surface area contributed by atoms with Crippen LogP contribution in [-0.2, 0) is 0 Å². The molecule has 0 saturated heterocycles. The third-order valence-electron chi connectivity index (χ3n) is 2.20. The molecule has 1 atom stereocenters. The fraction of sp³-hybridized carbons (Fsp3) is 0.750. The molecule has 1 heteroatoms. The Morgan fingerprint density at radius 1 is 1.56 bits per heavy atom. The molecular formula is C8H15N. The van der Waals surface area contributed by atoms with E-state index in [0.29, 0.717) is 0 Å². The monoisotopic (exact) mass is 125 g/mol. The van der Waals surface area contributed by atoms with Crippen molar-refractivity contribution in [1.29, 1.82) is 0 Å². The van der Waals surface area contributed by atoms with E-state index in [9.17, 15) is 0 Å². The zero-order valence-corrected chi connectivity index (χ0v) is 6.06. The lowest BCUT2D eigenvalue weighted by atomic mass is 9.86. The average Bonchev–Trinajstić information content (AvgIpc) is 1.89. The molecule has 0 heterocycles. The van der Waals surface area contributed by atoms with Crippen LogP contribution in [0.2, 0.25) is 0 Å². The minimum atomic E-state index is 0.753. The maximum Gasteiger partial charge on any atom is -0.00677 e. The Kier molecular flexibility index (Phi) is 2.15. The van der Waals surface area contributed by atoms with Crippen molar-refractivity contribution in [2.24, 2.45) is 11.7 Å². The van der Waals surface area contributed by atoms with Crippen molar-refractivity contribution in [1.82, 2.24) is 0 Å². The molecule has 9 heavy (non-hydrogen) atoms. The summed E-state index contributed by atoms with van der Waals surface area (Å²) in [6.07, 6.45) is 7.09. The highest BCUT2D eigenvalue weighted by Gasteiger charge is 2.12. The number of nitrogens with two attached hydrogens (primary N) is 1. The Morgan fingerprint density at radius 2 is 2.33 bits per heavy atom. The van der Waals surface area contributed by atoms with E-state index in [4.69, 9.17) is 5.73 Å². The number of allylic oxidation sites excluding steroid dienone is 1. The van der Waals surface area contributed by atoms with E-state index in [2.05, 4.69) is 6.92 Å². The zero-order valence-electron chi connectivity index (χ0n) is 6.06. The van der Waals surface area contributed by atoms with E-state index in [-0.39, 0.29) is 0 Å². The lowest BCUT2D eigenvalue weighted by molar-refractivity contribution is 0.482. The van der Waals surface area contributed by atoms with Crippen molar-refractivity contribution >= 4 is 0 Å². The van der Waals surface area contributed by atoms with Gasteiger partial charge in [-0.15, -0.1) is 0 Å². The third-order valence-corrected chi connectivity index (χ3v) is 2.20. The largest absolute Gasteiger partial charge is 0.405 e. The van der Waals surface area contributed by atoms with Crippen LogP contribution in [-0.4, -0.2) is 0 Å². The summed E-state index contributed by atoms with van der Waals surface area (Å²) in [5, 5.41) is 0. The summed E-state index contributed by atoms with van der Waals surface area (Å²) in [4.78, 5) is 0. The molecule has 0 aromatic rings. The van der Waals surface area contributed by atoms with E-state index in [0.717, 1.165) is 5.92 Å². The Balaban J connectivity index is 2.49. The molecule has 2 N–H and O–H groups in total. The number of rotatable bonds is 0. The summed E-state index contributed by atoms with van der Waals surface area (Å²) in [6.45, 7) is 2.26. The molecule has 1 aliphatic carbocycles. The molecule has 52 valence electrons. The van der Waals surface area contributed by atoms with Gasteiger partial charge in [0.15, 0.2) is 0 Å². The van der Waals surface area contributed by atoms with E-state index < -0.39 is 0 Å². The highest BCUT2D eigenvalue weighted by atomic mass is 14.5. The summed E-state index contributed by atoms with van der Waals surface area (Å²) >= 11 is 0. The predicted octanol–water partition coefficient (Wildman–Crippen LogP) is 2.04. The first kappa shape index (κ1) is 6.66. The second kappa shape index (κ2) is 2.90. The minimum Gasteiger partial charge on any atom is -0.405 e. The molecule has 1 aliphatic rings. The van der Waals surface area contributed by atoms with Crippen LogP contribution >= 0.6 is 0 Å². The molecule has 0 amide bonds. The van der Waals surface area contributed by atoms with Crippen LogP contribution in [0.25, 0.3) is 0 Å². The molecular weight excluding hydrogens is 110 g/mol. The van der Waals surface area contributed by atoms with Crippen molar-refractivity contribution < 1.29 is 0 Å². The maximum atomic E-state index is 5.43. The van der Waals surface area contributed by atoms with Gasteiger partial charge in [-0.25, -0.2) is 0 Å². The van der Waals surface area contributed by atoms with Crippen molar-refractivity contribution in [3.8, 4) is 0 Å². The molecule has 0 aliphatic heterocycles. The first-order valence-corrected chi connectivity index (χ1v) is 3.75. The van der Waals surface area contributed by atoms with Gasteiger partial charge in [0.05, 0.1) is 0 Å². The van der Waals surface area contributed by atoms with Gasteiger partial charge >= 0.3 is 0 Å². The van der Waals surface area contributed by atoms with Gasteiger partial charge < -0.3 is 5.73 Å². The lowest BCUT2D eigenvalue weighted by Crippen LogP contribution is -2.07. The Labute approximate surface area is 56.9 Å². The van der Waals surface area contributed by atoms with Gasteiger partial charge in [0.25, 0.3) is 0 Å². The van der Waals surface area contributed by atoms with Crippen LogP contribution in [0.15, 0.2) is 11.8 Å². The topological polar surface area (TPSA) is 26.0 Å². The van der Waals surface area contributed by atoms with Gasteiger partial charge in [-0.05, 0) is 31.4 Å². The summed E-state index contributed by atoms with van der Waals surface area (Å²) in [5.74, 6) is 0.753. The van der Waals surface area contributed by atoms with E-state index in [1.54, 1.807) is 6.20 Å². The first-order chi connectivity index (χ1) is 4.34. The molecule has 0 spiro atoms. The minimum absolute atomic E-state index is 0.753. The van der Waals surface area contributed by atoms with Crippen LogP contribution in [0.5, 0.6) is 0 Å². The fourth-order valence-electron chi connectivity index (χ4n) is 1.46. The standard InChI is InChI=1S/C8H15N/c1-7-4-2-3-5-8(7)6-9/h6-7H,2-5,9H2,1H3. The van der Waals surface area contributed by atoms with Crippen LogP contribution in [0, 0.1) is 5.92 Å². The SMILES string of the molecule is CC1CCCCC1=CN. The Morgan fingerprint density at radius 3 is 2.78 bits per heavy atom. The van der Waals surface area contributed by atoms with Crippen molar-refractivity contribution in [3.63, 3.8) is 0 Å². The van der Waals surface area contributed by atoms with Gasteiger partial charge in [-0.2, -0.15) is 0 Å². The van der Waals surface area contributed by atoms with Crippen molar-refractivity contribution in [2.75, 3.05) is 0 Å². The normalized spacial score (nSPS) is 33.0. The first-order valence-electron chi connectivity index (χ1n) is 3.75. The molecule has 0 aromatic carbocycles. The predicted molar refractivity (Wildman–Crippen MR) is 39.9 cm³/mol. The fourth-order valence-corrected chi connectivity index (χ4v) is 1.46. The molecule has 1 nitrogen and oxygen atoms in total. The lowest BCUT2D eigenvalue weighted by Gasteiger charge is -2.20. The maximum absolute atomic E-state index is 5.43. The van der Waals surface area contributed by atoms with E-state index in [1.165, 1.54) is 31.3 Å². The van der Waals surface area contributed by atoms with Gasteiger partial charge in [-0.1, -0.05) is 18.9 Å². The molecule has 1 unspecified atom stereocenters.